The minimum atomic E-state index is -1.74. The molecule has 2 N–H and O–H groups in total. The summed E-state index contributed by atoms with van der Waals surface area (Å²) in [6.45, 7) is 10.5. The molecule has 47 heavy (non-hydrogen) atoms. The Labute approximate surface area is 278 Å². The summed E-state index contributed by atoms with van der Waals surface area (Å²) in [5, 5.41) is 13.8. The topological polar surface area (TPSA) is 145 Å². The molecular formula is C32H39F2N5O6SSi. The Morgan fingerprint density at radius 3 is 2.64 bits per heavy atom. The largest absolute Gasteiger partial charge is 0.480 e. The average molecular weight is 688 g/mol. The molecule has 0 radical (unpaired) electrons. The highest BCUT2D eigenvalue weighted by Gasteiger charge is 2.87. The second-order valence-electron chi connectivity index (χ2n) is 12.7. The zero-order valence-corrected chi connectivity index (χ0v) is 28.9. The Morgan fingerprint density at radius 2 is 2.00 bits per heavy atom. The number of esters is 1. The van der Waals surface area contributed by atoms with Crippen LogP contribution in [-0.2, 0) is 24.6 Å². The van der Waals surface area contributed by atoms with Gasteiger partial charge in [-0.3, -0.25) is 9.59 Å². The molecule has 11 nitrogen and oxygen atoms in total. The van der Waals surface area contributed by atoms with Gasteiger partial charge in [0, 0.05) is 26.4 Å². The summed E-state index contributed by atoms with van der Waals surface area (Å²) >= 11 is 0.883. The van der Waals surface area contributed by atoms with Crippen LogP contribution >= 0.6 is 11.8 Å². The molecule has 3 atom stereocenters. The first-order valence-corrected chi connectivity index (χ1v) is 19.7. The molecule has 15 heteroatoms. The average Bonchev–Trinajstić information content (AvgIpc) is 3.73. The van der Waals surface area contributed by atoms with Gasteiger partial charge in [-0.2, -0.15) is 4.39 Å². The second kappa shape index (κ2) is 14.5. The Bertz CT molecular complexity index is 1600. The van der Waals surface area contributed by atoms with Gasteiger partial charge in [-0.05, 0) is 43.5 Å². The van der Waals surface area contributed by atoms with E-state index >= 15 is 8.78 Å². The van der Waals surface area contributed by atoms with E-state index in [2.05, 4.69) is 50.8 Å². The Balaban J connectivity index is 1.74. The number of ether oxygens (including phenoxy) is 3. The van der Waals surface area contributed by atoms with Crippen molar-refractivity contribution in [2.24, 2.45) is 10.4 Å². The lowest BCUT2D eigenvalue weighted by Crippen LogP contribution is -2.61. The lowest BCUT2D eigenvalue weighted by Gasteiger charge is -2.44. The van der Waals surface area contributed by atoms with Crippen molar-refractivity contribution < 1.29 is 37.7 Å². The Morgan fingerprint density at radius 1 is 1.23 bits per heavy atom. The van der Waals surface area contributed by atoms with E-state index in [1.165, 1.54) is 19.2 Å². The molecule has 2 aliphatic rings. The number of nitrogens with zero attached hydrogens (tertiary/aromatic N) is 4. The van der Waals surface area contributed by atoms with Crippen LogP contribution in [0, 0.1) is 23.7 Å². The molecule has 1 saturated carbocycles. The molecule has 3 unspecified atom stereocenters. The van der Waals surface area contributed by atoms with Gasteiger partial charge in [0.25, 0.3) is 0 Å². The third-order valence-corrected chi connectivity index (χ3v) is 11.3. The number of pyridine rings is 1. The van der Waals surface area contributed by atoms with Crippen molar-refractivity contribution in [2.45, 2.75) is 69.1 Å². The van der Waals surface area contributed by atoms with E-state index in [4.69, 9.17) is 20.6 Å². The molecule has 1 saturated heterocycles. The van der Waals surface area contributed by atoms with E-state index in [1.54, 1.807) is 0 Å². The standard InChI is InChI=1S/C32H39F2N5O6SSi/c1-7-9-11-45-28(42)31-19-32(31,27(40)41)46-29(38-20-43-12-13-47(4,5)6)39-30(31,3)22-14-21(16-37-26(22)34)15-23(33)24-17-36-25(18-35-24)44-10-8-2/h2,14-18H,7,9-13,19-20H2,1,3-6H3,(H,38,39)(H,40,41). The molecule has 2 aromatic rings. The number of carbonyl (C=O) groups is 2. The molecule has 2 fully saturated rings. The van der Waals surface area contributed by atoms with Crippen molar-refractivity contribution in [3.05, 3.63) is 47.4 Å². The number of carbonyl (C=O) groups excluding carboxylic acids is 1. The van der Waals surface area contributed by atoms with Crippen LogP contribution in [0.15, 0.2) is 29.6 Å². The number of nitrogens with one attached hydrogen (secondary N) is 1. The maximum absolute atomic E-state index is 15.8. The second-order valence-corrected chi connectivity index (χ2v) is 19.6. The van der Waals surface area contributed by atoms with Gasteiger partial charge in [0.15, 0.2) is 17.6 Å². The minimum Gasteiger partial charge on any atom is -0.480 e. The molecule has 1 aliphatic heterocycles. The summed E-state index contributed by atoms with van der Waals surface area (Å²) in [7, 11) is -1.36. The van der Waals surface area contributed by atoms with Gasteiger partial charge in [0.2, 0.25) is 11.8 Å². The van der Waals surface area contributed by atoms with E-state index in [0.717, 1.165) is 42.7 Å². The molecule has 3 heterocycles. The van der Waals surface area contributed by atoms with Crippen LogP contribution in [0.25, 0.3) is 11.9 Å². The maximum Gasteiger partial charge on any atom is 0.321 e. The number of aromatic nitrogens is 3. The van der Waals surface area contributed by atoms with Crippen molar-refractivity contribution in [3.8, 4) is 18.2 Å². The van der Waals surface area contributed by atoms with Crippen LogP contribution in [0.2, 0.25) is 25.7 Å². The van der Waals surface area contributed by atoms with Crippen molar-refractivity contribution in [1.29, 1.82) is 0 Å². The van der Waals surface area contributed by atoms with Gasteiger partial charge in [-0.25, -0.2) is 24.3 Å². The number of terminal acetylenes is 1. The van der Waals surface area contributed by atoms with E-state index < -0.39 is 47.5 Å². The number of rotatable bonds is 15. The molecule has 2 aromatic heterocycles. The third kappa shape index (κ3) is 7.50. The van der Waals surface area contributed by atoms with E-state index in [-0.39, 0.29) is 54.2 Å². The van der Waals surface area contributed by atoms with Crippen molar-refractivity contribution >= 4 is 48.8 Å². The fraction of sp³-hybridized carbons (Fsp3) is 0.500. The Kier molecular flexibility index (Phi) is 11.1. The van der Waals surface area contributed by atoms with Gasteiger partial charge < -0.3 is 24.6 Å². The molecule has 0 bridgehead atoms. The lowest BCUT2D eigenvalue weighted by molar-refractivity contribution is -0.157. The number of amidine groups is 1. The number of hydrogen-bond acceptors (Lipinski definition) is 10. The van der Waals surface area contributed by atoms with Crippen molar-refractivity contribution in [3.63, 3.8) is 0 Å². The minimum absolute atomic E-state index is 0.0312. The molecular weight excluding hydrogens is 649 g/mol. The summed E-state index contributed by atoms with van der Waals surface area (Å²) in [5.41, 5.74) is -3.63. The number of aliphatic imine (C=N–C) groups is 1. The van der Waals surface area contributed by atoms with Gasteiger partial charge in [-0.1, -0.05) is 50.7 Å². The Hall–Kier alpha value is -3.87. The SMILES string of the molecule is C#CCOc1cnc(C(F)=Cc2cnc(F)c(C3(C)NC(=NCOCC[Si](C)(C)C)SC4(C(=O)O)CC43C(=O)OCCCC)c2)cn1. The summed E-state index contributed by atoms with van der Waals surface area (Å²) in [4.78, 5) is 43.0. The highest BCUT2D eigenvalue weighted by Crippen LogP contribution is 2.74. The predicted octanol–water partition coefficient (Wildman–Crippen LogP) is 5.27. The van der Waals surface area contributed by atoms with Gasteiger partial charge in [-0.15, -0.1) is 6.42 Å². The summed E-state index contributed by atoms with van der Waals surface area (Å²) < 4.78 is 45.8. The molecule has 0 amide bonds. The van der Waals surface area contributed by atoms with Crippen LogP contribution < -0.4 is 10.1 Å². The number of carboxylic acids is 1. The fourth-order valence-electron chi connectivity index (χ4n) is 5.38. The quantitative estimate of drug-likeness (QED) is 0.0831. The number of hydrogen-bond donors (Lipinski definition) is 2. The summed E-state index contributed by atoms with van der Waals surface area (Å²) in [6.07, 6.45) is 10.9. The molecule has 252 valence electrons. The van der Waals surface area contributed by atoms with Crippen LogP contribution in [0.1, 0.15) is 49.9 Å². The van der Waals surface area contributed by atoms with Crippen molar-refractivity contribution in [2.75, 3.05) is 26.6 Å². The summed E-state index contributed by atoms with van der Waals surface area (Å²) in [5.74, 6) is -1.43. The van der Waals surface area contributed by atoms with Crippen molar-refractivity contribution in [1.82, 2.24) is 20.3 Å². The molecule has 4 rings (SSSR count). The first kappa shape index (κ1) is 36.0. The zero-order valence-electron chi connectivity index (χ0n) is 27.1. The highest BCUT2D eigenvalue weighted by atomic mass is 32.2. The molecule has 0 aromatic carbocycles. The van der Waals surface area contributed by atoms with E-state index in [0.29, 0.717) is 13.0 Å². The molecule has 0 spiro atoms. The maximum atomic E-state index is 15.8. The smallest absolute Gasteiger partial charge is 0.321 e. The normalized spacial score (nSPS) is 24.6. The fourth-order valence-corrected chi connectivity index (χ4v) is 7.68. The third-order valence-electron chi connectivity index (χ3n) is 8.15. The highest BCUT2D eigenvalue weighted by molar-refractivity contribution is 8.16. The number of fused-ring (bicyclic) bond motifs is 1. The van der Waals surface area contributed by atoms with Crippen LogP contribution in [0.3, 0.4) is 0 Å². The van der Waals surface area contributed by atoms with Crippen LogP contribution in [0.4, 0.5) is 8.78 Å². The monoisotopic (exact) mass is 687 g/mol. The van der Waals surface area contributed by atoms with Crippen LogP contribution in [-0.4, -0.2) is 76.5 Å². The number of halogens is 2. The van der Waals surface area contributed by atoms with Gasteiger partial charge in [0.1, 0.15) is 22.6 Å². The van der Waals surface area contributed by atoms with Gasteiger partial charge in [0.05, 0.1) is 24.5 Å². The summed E-state index contributed by atoms with van der Waals surface area (Å²) in [6, 6.07) is 2.22. The molecule has 1 aliphatic carbocycles. The van der Waals surface area contributed by atoms with E-state index in [9.17, 15) is 14.7 Å². The number of carboxylic acid groups (broad SMARTS) is 1. The first-order valence-electron chi connectivity index (χ1n) is 15.1. The zero-order chi connectivity index (χ0) is 34.5. The number of aliphatic carboxylic acids is 1. The lowest BCUT2D eigenvalue weighted by atomic mass is 9.74. The van der Waals surface area contributed by atoms with Crippen LogP contribution in [0.5, 0.6) is 5.88 Å². The number of unbranched alkanes of at least 4 members (excludes halogenated alkanes) is 1. The predicted molar refractivity (Wildman–Crippen MR) is 177 cm³/mol. The van der Waals surface area contributed by atoms with E-state index in [1.807, 2.05) is 6.92 Å². The number of thioether (sulfide) groups is 1. The first-order chi connectivity index (χ1) is 22.2. The van der Waals surface area contributed by atoms with Gasteiger partial charge >= 0.3 is 11.9 Å².